The highest BCUT2D eigenvalue weighted by Gasteiger charge is 2.08. The molecule has 1 N–H and O–H groups in total. The van der Waals surface area contributed by atoms with Gasteiger partial charge in [-0.1, -0.05) is 30.4 Å². The summed E-state index contributed by atoms with van der Waals surface area (Å²) in [4.78, 5) is 0. The number of hydrogen-bond acceptors (Lipinski definition) is 2. The van der Waals surface area contributed by atoms with Crippen molar-refractivity contribution in [2.45, 2.75) is 0 Å². The van der Waals surface area contributed by atoms with E-state index < -0.39 is 0 Å². The smallest absolute Gasteiger partial charge is 0.101 e. The fourth-order valence-corrected chi connectivity index (χ4v) is 1.15. The average Bonchev–Trinajstić information content (AvgIpc) is 2.06. The summed E-state index contributed by atoms with van der Waals surface area (Å²) < 4.78 is 0. The highest BCUT2D eigenvalue weighted by atomic mass is 16.5. The van der Waals surface area contributed by atoms with E-state index in [-0.39, 0.29) is 0 Å². The van der Waals surface area contributed by atoms with Gasteiger partial charge in [0.2, 0.25) is 0 Å². The molecular formula is C9H8NO. The van der Waals surface area contributed by atoms with Gasteiger partial charge in [0.1, 0.15) is 6.54 Å². The fourth-order valence-electron chi connectivity index (χ4n) is 1.15. The van der Waals surface area contributed by atoms with Crippen LogP contribution in [0.1, 0.15) is 5.56 Å². The molecule has 0 amide bonds. The van der Waals surface area contributed by atoms with Gasteiger partial charge < -0.3 is 0 Å². The van der Waals surface area contributed by atoms with Crippen LogP contribution in [-0.2, 0) is 0 Å². The predicted molar refractivity (Wildman–Crippen MR) is 44.0 cm³/mol. The third-order valence-corrected chi connectivity index (χ3v) is 1.69. The second-order valence-corrected chi connectivity index (χ2v) is 2.41. The van der Waals surface area contributed by atoms with Crippen LogP contribution in [0, 0.1) is 6.54 Å². The minimum atomic E-state index is 0.829. The third kappa shape index (κ3) is 1.01. The molecule has 0 spiro atoms. The lowest BCUT2D eigenvalue weighted by Gasteiger charge is -2.19. The molecule has 2 heteroatoms. The zero-order valence-corrected chi connectivity index (χ0v) is 5.94. The number of anilines is 1. The minimum Gasteiger partial charge on any atom is -0.288 e. The Morgan fingerprint density at radius 2 is 2.00 bits per heavy atom. The van der Waals surface area contributed by atoms with E-state index in [1.54, 1.807) is 6.54 Å². The van der Waals surface area contributed by atoms with Gasteiger partial charge in [0.15, 0.2) is 0 Å². The highest BCUT2D eigenvalue weighted by Crippen LogP contribution is 2.24. The predicted octanol–water partition coefficient (Wildman–Crippen LogP) is 2.07. The second-order valence-electron chi connectivity index (χ2n) is 2.41. The Balaban J connectivity index is 2.54. The Hall–Kier alpha value is -1.28. The number of benzene rings is 1. The molecule has 55 valence electrons. The Morgan fingerprint density at radius 1 is 1.18 bits per heavy atom. The summed E-state index contributed by atoms with van der Waals surface area (Å²) in [6, 6.07) is 7.68. The monoisotopic (exact) mass is 146 g/mol. The van der Waals surface area contributed by atoms with Crippen LogP contribution in [0.3, 0.4) is 0 Å². The number of hydroxylamine groups is 1. The molecule has 0 unspecified atom stereocenters. The van der Waals surface area contributed by atoms with Crippen LogP contribution >= 0.6 is 0 Å². The zero-order valence-electron chi connectivity index (χ0n) is 5.94. The molecule has 1 radical (unpaired) electrons. The topological polar surface area (TPSA) is 23.5 Å². The normalized spacial score (nSPS) is 14.8. The first-order valence-electron chi connectivity index (χ1n) is 3.46. The molecule has 0 saturated carbocycles. The van der Waals surface area contributed by atoms with E-state index in [1.807, 2.05) is 36.4 Å². The average molecular weight is 146 g/mol. The maximum absolute atomic E-state index is 9.29. The molecule has 2 rings (SSSR count). The largest absolute Gasteiger partial charge is 0.288 e. The first-order chi connectivity index (χ1) is 5.38. The Labute approximate surface area is 65.3 Å². The van der Waals surface area contributed by atoms with Crippen molar-refractivity contribution in [1.82, 2.24) is 0 Å². The molecule has 1 aliphatic heterocycles. The number of para-hydroxylation sites is 1. The maximum Gasteiger partial charge on any atom is 0.101 e. The van der Waals surface area contributed by atoms with Crippen LogP contribution in [-0.4, -0.2) is 5.21 Å². The molecule has 2 nitrogen and oxygen atoms in total. The standard InChI is InChI=1S/C9H8NO/c11-10-7-3-5-8-4-1-2-6-9(8)10/h1-7,11H. The summed E-state index contributed by atoms with van der Waals surface area (Å²) in [7, 11) is 0. The van der Waals surface area contributed by atoms with Crippen LogP contribution in [0.25, 0.3) is 6.08 Å². The Morgan fingerprint density at radius 3 is 2.82 bits per heavy atom. The quantitative estimate of drug-likeness (QED) is 0.605. The van der Waals surface area contributed by atoms with Crippen molar-refractivity contribution in [3.05, 3.63) is 42.4 Å². The van der Waals surface area contributed by atoms with Crippen LogP contribution in [0.2, 0.25) is 0 Å². The van der Waals surface area contributed by atoms with Gasteiger partial charge in [-0.05, 0) is 11.6 Å². The van der Waals surface area contributed by atoms with Gasteiger partial charge in [0.25, 0.3) is 0 Å². The third-order valence-electron chi connectivity index (χ3n) is 1.69. The van der Waals surface area contributed by atoms with Gasteiger partial charge in [-0.3, -0.25) is 5.21 Å². The maximum atomic E-state index is 9.29. The molecule has 1 aliphatic rings. The van der Waals surface area contributed by atoms with E-state index in [4.69, 9.17) is 0 Å². The number of fused-ring (bicyclic) bond motifs is 1. The van der Waals surface area contributed by atoms with Crippen LogP contribution in [0.5, 0.6) is 0 Å². The van der Waals surface area contributed by atoms with Crippen molar-refractivity contribution >= 4 is 11.8 Å². The highest BCUT2D eigenvalue weighted by molar-refractivity contribution is 5.71. The Bertz CT molecular complexity index is 293. The number of hydrogen-bond donors (Lipinski definition) is 1. The lowest BCUT2D eigenvalue weighted by Crippen LogP contribution is -2.15. The van der Waals surface area contributed by atoms with Crippen molar-refractivity contribution in [3.63, 3.8) is 0 Å². The molecule has 11 heavy (non-hydrogen) atoms. The zero-order chi connectivity index (χ0) is 7.68. The van der Waals surface area contributed by atoms with Gasteiger partial charge in [0, 0.05) is 0 Å². The first-order valence-corrected chi connectivity index (χ1v) is 3.46. The van der Waals surface area contributed by atoms with Crippen molar-refractivity contribution in [3.8, 4) is 0 Å². The summed E-state index contributed by atoms with van der Waals surface area (Å²) in [5, 5.41) is 10.4. The molecule has 0 atom stereocenters. The van der Waals surface area contributed by atoms with Gasteiger partial charge in [0.05, 0.1) is 5.69 Å². The summed E-state index contributed by atoms with van der Waals surface area (Å²) in [5.41, 5.74) is 1.87. The number of rotatable bonds is 0. The molecule has 1 heterocycles. The summed E-state index contributed by atoms with van der Waals surface area (Å²) in [6.07, 6.45) is 3.77. The van der Waals surface area contributed by atoms with Gasteiger partial charge in [-0.25, -0.2) is 5.06 Å². The molecular weight excluding hydrogens is 138 g/mol. The fraction of sp³-hybridized carbons (Fsp3) is 0. The Kier molecular flexibility index (Phi) is 1.40. The minimum absolute atomic E-state index is 0.829. The molecule has 0 saturated heterocycles. The van der Waals surface area contributed by atoms with Crippen LogP contribution in [0.15, 0.2) is 30.3 Å². The van der Waals surface area contributed by atoms with Crippen LogP contribution < -0.4 is 5.06 Å². The van der Waals surface area contributed by atoms with E-state index >= 15 is 0 Å². The molecule has 1 aromatic carbocycles. The lowest BCUT2D eigenvalue weighted by atomic mass is 10.1. The van der Waals surface area contributed by atoms with E-state index in [0.717, 1.165) is 16.3 Å². The lowest BCUT2D eigenvalue weighted by molar-refractivity contribution is 0.284. The molecule has 0 aromatic heterocycles. The number of nitrogens with zero attached hydrogens (tertiary/aromatic N) is 1. The second kappa shape index (κ2) is 2.40. The van der Waals surface area contributed by atoms with E-state index in [0.29, 0.717) is 0 Å². The van der Waals surface area contributed by atoms with Gasteiger partial charge in [-0.2, -0.15) is 0 Å². The first kappa shape index (κ1) is 6.43. The summed E-state index contributed by atoms with van der Waals surface area (Å²) in [6.45, 7) is 1.61. The van der Waals surface area contributed by atoms with Crippen LogP contribution in [0.4, 0.5) is 5.69 Å². The summed E-state index contributed by atoms with van der Waals surface area (Å²) in [5.74, 6) is 0. The van der Waals surface area contributed by atoms with Crippen molar-refractivity contribution in [2.24, 2.45) is 0 Å². The molecule has 0 aliphatic carbocycles. The van der Waals surface area contributed by atoms with E-state index in [1.165, 1.54) is 0 Å². The van der Waals surface area contributed by atoms with Crippen molar-refractivity contribution in [1.29, 1.82) is 0 Å². The van der Waals surface area contributed by atoms with Crippen molar-refractivity contribution in [2.75, 3.05) is 5.06 Å². The van der Waals surface area contributed by atoms with E-state index in [2.05, 4.69) is 0 Å². The van der Waals surface area contributed by atoms with Gasteiger partial charge >= 0.3 is 0 Å². The van der Waals surface area contributed by atoms with Crippen molar-refractivity contribution < 1.29 is 5.21 Å². The SMILES string of the molecule is ON1[CH]C=Cc2ccccc21. The summed E-state index contributed by atoms with van der Waals surface area (Å²) >= 11 is 0. The molecule has 0 fully saturated rings. The molecule has 1 aromatic rings. The van der Waals surface area contributed by atoms with Gasteiger partial charge in [-0.15, -0.1) is 0 Å². The van der Waals surface area contributed by atoms with E-state index in [9.17, 15) is 5.21 Å². The molecule has 0 bridgehead atoms.